The number of hydrogen-bond donors (Lipinski definition) is 0. The van der Waals surface area contributed by atoms with Crippen LogP contribution in [-0.4, -0.2) is 0 Å². The Labute approximate surface area is 310 Å². The van der Waals surface area contributed by atoms with Crippen molar-refractivity contribution in [3.63, 3.8) is 0 Å². The highest BCUT2D eigenvalue weighted by molar-refractivity contribution is 7.76. The third kappa shape index (κ3) is 11.4. The standard InChI is InChI=1S/C45H74ClO2P/c1-38(2,3)26-42(13,14)32-22-30-21-31-23-33(43(15,16)27-39(4,5)6)25-35(45(19,20)29-41(10,11)12)37(31)48-49(46)47-36(30)34(24-32)44(17,18)28-40(7,8)9/h22-25H,21,26-29H2,1-20H3. The first kappa shape index (κ1) is 42.2. The zero-order valence-electron chi connectivity index (χ0n) is 35.5. The van der Waals surface area contributed by atoms with Crippen LogP contribution in [0, 0.1) is 21.7 Å². The maximum absolute atomic E-state index is 7.21. The summed E-state index contributed by atoms with van der Waals surface area (Å²) in [5.74, 6) is 1.84. The monoisotopic (exact) mass is 713 g/mol. The van der Waals surface area contributed by atoms with Gasteiger partial charge in [0.1, 0.15) is 11.5 Å². The molecule has 49 heavy (non-hydrogen) atoms. The van der Waals surface area contributed by atoms with Crippen molar-refractivity contribution in [3.05, 3.63) is 57.6 Å². The van der Waals surface area contributed by atoms with Crippen LogP contribution in [0.15, 0.2) is 24.3 Å². The van der Waals surface area contributed by atoms with Crippen molar-refractivity contribution in [2.24, 2.45) is 21.7 Å². The first-order valence-corrected chi connectivity index (χ1v) is 20.9. The molecule has 0 N–H and O–H groups in total. The Kier molecular flexibility index (Phi) is 11.7. The molecule has 0 spiro atoms. The van der Waals surface area contributed by atoms with Crippen LogP contribution in [0.5, 0.6) is 11.5 Å². The van der Waals surface area contributed by atoms with Crippen LogP contribution in [0.4, 0.5) is 0 Å². The smallest absolute Gasteiger partial charge is 0.401 e. The highest BCUT2D eigenvalue weighted by Crippen LogP contribution is 2.57. The fourth-order valence-corrected chi connectivity index (χ4v) is 10.9. The van der Waals surface area contributed by atoms with Crippen LogP contribution in [0.2, 0.25) is 0 Å². The molecule has 0 bridgehead atoms. The van der Waals surface area contributed by atoms with Gasteiger partial charge in [0.05, 0.1) is 0 Å². The average Bonchev–Trinajstić information content (AvgIpc) is 2.78. The summed E-state index contributed by atoms with van der Waals surface area (Å²) < 4.78 is 13.7. The van der Waals surface area contributed by atoms with E-state index >= 15 is 0 Å². The summed E-state index contributed by atoms with van der Waals surface area (Å²) in [7, 11) is -1.75. The quantitative estimate of drug-likeness (QED) is 0.254. The largest absolute Gasteiger partial charge is 0.427 e. The zero-order chi connectivity index (χ0) is 38.0. The molecule has 0 atom stereocenters. The third-order valence-corrected chi connectivity index (χ3v) is 11.0. The second-order valence-corrected chi connectivity index (χ2v) is 24.7. The second-order valence-electron chi connectivity index (χ2n) is 23.1. The second kappa shape index (κ2) is 13.6. The molecule has 2 aromatic rings. The molecule has 0 saturated carbocycles. The highest BCUT2D eigenvalue weighted by Gasteiger charge is 2.40. The molecule has 0 unspecified atom stereocenters. The Morgan fingerprint density at radius 3 is 0.980 bits per heavy atom. The molecule has 1 aliphatic heterocycles. The van der Waals surface area contributed by atoms with Crippen LogP contribution >= 0.6 is 19.0 Å². The van der Waals surface area contributed by atoms with E-state index in [4.69, 9.17) is 20.3 Å². The van der Waals surface area contributed by atoms with E-state index in [0.29, 0.717) is 0 Å². The van der Waals surface area contributed by atoms with Crippen LogP contribution in [-0.2, 0) is 28.1 Å². The third-order valence-electron chi connectivity index (χ3n) is 9.95. The highest BCUT2D eigenvalue weighted by atomic mass is 35.7. The van der Waals surface area contributed by atoms with E-state index in [2.05, 4.69) is 163 Å². The van der Waals surface area contributed by atoms with Gasteiger partial charge in [0, 0.05) is 17.5 Å². The summed E-state index contributed by atoms with van der Waals surface area (Å²) in [6.07, 6.45) is 4.94. The van der Waals surface area contributed by atoms with Crippen LogP contribution in [0.25, 0.3) is 0 Å². The topological polar surface area (TPSA) is 18.5 Å². The number of fused-ring (bicyclic) bond motifs is 2. The first-order chi connectivity index (χ1) is 21.6. The maximum atomic E-state index is 7.21. The molecular formula is C45H74ClO2P. The minimum absolute atomic E-state index is 0.0242. The molecule has 1 heterocycles. The lowest BCUT2D eigenvalue weighted by molar-refractivity contribution is 0.275. The molecule has 278 valence electrons. The van der Waals surface area contributed by atoms with E-state index in [0.717, 1.165) is 43.6 Å². The lowest BCUT2D eigenvalue weighted by Gasteiger charge is -2.40. The van der Waals surface area contributed by atoms with E-state index in [1.54, 1.807) is 0 Å². The van der Waals surface area contributed by atoms with Crippen molar-refractivity contribution < 1.29 is 9.05 Å². The van der Waals surface area contributed by atoms with Gasteiger partial charge in [0.15, 0.2) is 0 Å². The van der Waals surface area contributed by atoms with Gasteiger partial charge in [-0.1, -0.05) is 163 Å². The van der Waals surface area contributed by atoms with Gasteiger partial charge in [-0.15, -0.1) is 0 Å². The van der Waals surface area contributed by atoms with Crippen molar-refractivity contribution in [1.29, 1.82) is 0 Å². The summed E-state index contributed by atoms with van der Waals surface area (Å²) in [5.41, 5.74) is 8.03. The molecule has 3 rings (SSSR count). The summed E-state index contributed by atoms with van der Waals surface area (Å²) >= 11 is 7.21. The van der Waals surface area contributed by atoms with Gasteiger partial charge in [-0.3, -0.25) is 0 Å². The van der Waals surface area contributed by atoms with Gasteiger partial charge >= 0.3 is 7.73 Å². The van der Waals surface area contributed by atoms with E-state index < -0.39 is 7.73 Å². The van der Waals surface area contributed by atoms with Crippen molar-refractivity contribution in [1.82, 2.24) is 0 Å². The summed E-state index contributed by atoms with van der Waals surface area (Å²) in [5, 5.41) is 0. The minimum atomic E-state index is -1.75. The summed E-state index contributed by atoms with van der Waals surface area (Å²) in [4.78, 5) is 0. The summed E-state index contributed by atoms with van der Waals surface area (Å²) in [6.45, 7) is 47.3. The van der Waals surface area contributed by atoms with Gasteiger partial charge in [0.2, 0.25) is 0 Å². The molecule has 0 aromatic heterocycles. The average molecular weight is 714 g/mol. The van der Waals surface area contributed by atoms with Crippen LogP contribution in [0.1, 0.15) is 198 Å². The lowest BCUT2D eigenvalue weighted by Crippen LogP contribution is -2.30. The van der Waals surface area contributed by atoms with Crippen molar-refractivity contribution in [3.8, 4) is 11.5 Å². The Morgan fingerprint density at radius 1 is 0.449 bits per heavy atom. The van der Waals surface area contributed by atoms with Gasteiger partial charge in [-0.05, 0) is 102 Å². The fraction of sp³-hybridized carbons (Fsp3) is 0.733. The maximum Gasteiger partial charge on any atom is 0.401 e. The molecule has 4 heteroatoms. The molecule has 0 aliphatic carbocycles. The van der Waals surface area contributed by atoms with Crippen LogP contribution in [0.3, 0.4) is 0 Å². The van der Waals surface area contributed by atoms with Crippen molar-refractivity contribution in [2.75, 3.05) is 0 Å². The van der Waals surface area contributed by atoms with E-state index in [1.807, 2.05) is 0 Å². The first-order valence-electron chi connectivity index (χ1n) is 18.8. The molecule has 0 amide bonds. The predicted octanol–water partition coefficient (Wildman–Crippen LogP) is 15.4. The molecule has 0 radical (unpaired) electrons. The molecule has 0 saturated heterocycles. The van der Waals surface area contributed by atoms with E-state index in [9.17, 15) is 0 Å². The molecule has 2 nitrogen and oxygen atoms in total. The van der Waals surface area contributed by atoms with Gasteiger partial charge in [-0.2, -0.15) is 0 Å². The van der Waals surface area contributed by atoms with E-state index in [-0.39, 0.29) is 43.3 Å². The van der Waals surface area contributed by atoms with Gasteiger partial charge in [0.25, 0.3) is 0 Å². The predicted molar refractivity (Wildman–Crippen MR) is 218 cm³/mol. The Bertz CT molecular complexity index is 1370. The number of rotatable bonds is 8. The Balaban J connectivity index is 2.46. The zero-order valence-corrected chi connectivity index (χ0v) is 37.1. The molecule has 2 aromatic carbocycles. The lowest BCUT2D eigenvalue weighted by atomic mass is 9.67. The van der Waals surface area contributed by atoms with Crippen molar-refractivity contribution in [2.45, 2.75) is 192 Å². The number of benzene rings is 2. The minimum Gasteiger partial charge on any atom is -0.427 e. The number of hydrogen-bond acceptors (Lipinski definition) is 2. The summed E-state index contributed by atoms with van der Waals surface area (Å²) in [6, 6.07) is 9.78. The van der Waals surface area contributed by atoms with Gasteiger partial charge < -0.3 is 9.05 Å². The van der Waals surface area contributed by atoms with Crippen molar-refractivity contribution >= 4 is 19.0 Å². The normalized spacial score (nSPS) is 15.9. The van der Waals surface area contributed by atoms with E-state index in [1.165, 1.54) is 33.4 Å². The number of halogens is 1. The molecule has 1 aliphatic rings. The van der Waals surface area contributed by atoms with Gasteiger partial charge in [-0.25, -0.2) is 0 Å². The fourth-order valence-electron chi connectivity index (χ4n) is 9.71. The molecular weight excluding hydrogens is 639 g/mol. The Morgan fingerprint density at radius 2 is 0.714 bits per heavy atom. The SMILES string of the molecule is CC(C)(C)CC(C)(C)c1cc2c(c(C(C)(C)CC(C)(C)C)c1)OP(Cl)Oc1c(cc(C(C)(C)CC(C)(C)C)cc1C(C)(C)CC(C)(C)C)C2. The van der Waals surface area contributed by atoms with Crippen LogP contribution < -0.4 is 9.05 Å². The Hall–Kier alpha value is -1.24. The molecule has 0 fully saturated rings.